The van der Waals surface area contributed by atoms with Crippen LogP contribution in [0.4, 0.5) is 4.39 Å². The molecule has 1 aliphatic rings. The molecule has 5 aromatic rings. The molecule has 228 valence electrons. The van der Waals surface area contributed by atoms with Crippen LogP contribution < -0.4 is 10.1 Å². The Labute approximate surface area is 251 Å². The van der Waals surface area contributed by atoms with Gasteiger partial charge in [-0.25, -0.2) is 14.1 Å². The molecule has 0 radical (unpaired) electrons. The number of esters is 1. The van der Waals surface area contributed by atoms with Crippen LogP contribution in [0.25, 0.3) is 11.3 Å². The number of benzene rings is 1. The van der Waals surface area contributed by atoms with Crippen LogP contribution in [0.3, 0.4) is 0 Å². The van der Waals surface area contributed by atoms with Gasteiger partial charge in [-0.05, 0) is 65.8 Å². The number of aromatic nitrogens is 9. The number of nitrogens with zero attached hydrogens (tertiary/aromatic N) is 9. The Hall–Kier alpha value is -5.21. The van der Waals surface area contributed by atoms with E-state index in [1.54, 1.807) is 17.7 Å². The summed E-state index contributed by atoms with van der Waals surface area (Å²) in [6, 6.07) is 5.22. The van der Waals surface area contributed by atoms with Crippen molar-refractivity contribution in [2.24, 2.45) is 0 Å². The zero-order valence-corrected chi connectivity index (χ0v) is 24.3. The molecular weight excluding hydrogens is 571 g/mol. The molecule has 15 heteroatoms. The highest BCUT2D eigenvalue weighted by Gasteiger charge is 2.25. The van der Waals surface area contributed by atoms with Gasteiger partial charge in [-0.3, -0.25) is 14.3 Å². The van der Waals surface area contributed by atoms with Gasteiger partial charge in [0.15, 0.2) is 17.3 Å². The Morgan fingerprint density at radius 3 is 2.75 bits per heavy atom. The summed E-state index contributed by atoms with van der Waals surface area (Å²) < 4.78 is 30.2. The lowest BCUT2D eigenvalue weighted by Gasteiger charge is -2.13. The number of imidazole rings is 1. The Morgan fingerprint density at radius 1 is 1.14 bits per heavy atom. The van der Waals surface area contributed by atoms with Gasteiger partial charge < -0.3 is 19.2 Å². The summed E-state index contributed by atoms with van der Waals surface area (Å²) in [5.74, 6) is -0.795. The van der Waals surface area contributed by atoms with Crippen LogP contribution in [-0.4, -0.2) is 70.2 Å². The molecule has 0 atom stereocenters. The van der Waals surface area contributed by atoms with Crippen LogP contribution in [0, 0.1) is 5.82 Å². The monoisotopic (exact) mass is 602 g/mol. The number of halogens is 1. The number of pyridine rings is 1. The van der Waals surface area contributed by atoms with Crippen LogP contribution in [0.2, 0.25) is 0 Å². The minimum atomic E-state index is -0.634. The summed E-state index contributed by atoms with van der Waals surface area (Å²) in [6.45, 7) is 2.44. The van der Waals surface area contributed by atoms with Crippen LogP contribution >= 0.6 is 0 Å². The maximum atomic E-state index is 15.1. The highest BCUT2D eigenvalue weighted by molar-refractivity contribution is 5.91. The molecule has 1 amide bonds. The summed E-state index contributed by atoms with van der Waals surface area (Å²) in [7, 11) is 1.36. The Balaban J connectivity index is 1.12. The third kappa shape index (κ3) is 6.26. The molecule has 1 aliphatic carbocycles. The van der Waals surface area contributed by atoms with Gasteiger partial charge in [-0.1, -0.05) is 11.3 Å². The number of methoxy groups -OCH3 is 1. The number of hydrogen-bond acceptors (Lipinski definition) is 10. The first kappa shape index (κ1) is 28.9. The number of aryl methyl sites for hydroxylation is 3. The van der Waals surface area contributed by atoms with E-state index >= 15 is 4.39 Å². The van der Waals surface area contributed by atoms with Crippen molar-refractivity contribution >= 4 is 17.5 Å². The number of carbonyl (C=O) groups excluding carboxylic acids is 2. The smallest absolute Gasteiger partial charge is 0.306 e. The molecule has 1 aromatic carbocycles. The van der Waals surface area contributed by atoms with Crippen molar-refractivity contribution in [3.05, 3.63) is 77.0 Å². The summed E-state index contributed by atoms with van der Waals surface area (Å²) in [6.07, 6.45) is 10.7. The summed E-state index contributed by atoms with van der Waals surface area (Å²) in [5.41, 5.74) is 4.53. The van der Waals surface area contributed by atoms with Gasteiger partial charge in [-0.2, -0.15) is 0 Å². The molecule has 14 nitrogen and oxygen atoms in total. The topological polar surface area (TPSA) is 156 Å². The number of nitrogens with one attached hydrogen (secondary N) is 1. The van der Waals surface area contributed by atoms with Crippen molar-refractivity contribution in [2.45, 2.75) is 58.0 Å². The number of carbonyl (C=O) groups is 2. The zero-order valence-electron chi connectivity index (χ0n) is 24.3. The van der Waals surface area contributed by atoms with E-state index in [0.717, 1.165) is 16.9 Å². The average molecular weight is 603 g/mol. The first-order valence-corrected chi connectivity index (χ1v) is 14.4. The molecular formula is C29H31FN10O4. The maximum Gasteiger partial charge on any atom is 0.306 e. The number of tetrazole rings is 1. The fraction of sp³-hybridized carbons (Fsp3) is 0.379. The van der Waals surface area contributed by atoms with Gasteiger partial charge >= 0.3 is 5.97 Å². The SMILES string of the molecule is CCOC(=O)CCc1cc(C2CC2)cn2cc(CCn3cc(C(=O)NCc4c(-n5cnnn5)ccc(OC)c4F)nn3)nc12. The van der Waals surface area contributed by atoms with E-state index in [0.29, 0.717) is 44.0 Å². The second kappa shape index (κ2) is 12.6. The first-order chi connectivity index (χ1) is 21.4. The molecule has 0 unspecified atom stereocenters. The molecule has 0 bridgehead atoms. The fourth-order valence-corrected chi connectivity index (χ4v) is 5.06. The number of rotatable bonds is 13. The Bertz CT molecular complexity index is 1800. The van der Waals surface area contributed by atoms with Crippen LogP contribution in [-0.2, 0) is 35.5 Å². The largest absolute Gasteiger partial charge is 0.494 e. The molecule has 6 rings (SSSR count). The molecule has 44 heavy (non-hydrogen) atoms. The average Bonchev–Trinajstić information content (AvgIpc) is 3.36. The minimum Gasteiger partial charge on any atom is -0.494 e. The fourth-order valence-electron chi connectivity index (χ4n) is 5.06. The van der Waals surface area contributed by atoms with Gasteiger partial charge in [0.1, 0.15) is 12.0 Å². The van der Waals surface area contributed by atoms with Gasteiger partial charge in [0.2, 0.25) is 0 Å². The van der Waals surface area contributed by atoms with E-state index in [9.17, 15) is 9.59 Å². The van der Waals surface area contributed by atoms with Crippen molar-refractivity contribution in [2.75, 3.05) is 13.7 Å². The van der Waals surface area contributed by atoms with Crippen molar-refractivity contribution in [3.8, 4) is 11.4 Å². The van der Waals surface area contributed by atoms with Gasteiger partial charge in [-0.15, -0.1) is 10.2 Å². The minimum absolute atomic E-state index is 0.0267. The zero-order chi connectivity index (χ0) is 30.6. The molecule has 1 saturated carbocycles. The third-order valence-electron chi connectivity index (χ3n) is 7.44. The molecule has 1 fully saturated rings. The summed E-state index contributed by atoms with van der Waals surface area (Å²) >= 11 is 0. The third-order valence-corrected chi connectivity index (χ3v) is 7.44. The van der Waals surface area contributed by atoms with E-state index < -0.39 is 11.7 Å². The standard InChI is InChI=1S/C29H31FN10O4/c1-3-44-26(41)9-6-19-12-20(18-4-5-18)14-38-15-21(33-28(19)38)10-11-39-16-23(34-36-39)29(42)31-13-22-24(40-17-32-35-37-40)7-8-25(43-2)27(22)30/h7-8,12,14-18H,3-6,9-11,13H2,1-2H3,(H,31,42). The second-order valence-electron chi connectivity index (χ2n) is 10.5. The molecule has 0 aliphatic heterocycles. The first-order valence-electron chi connectivity index (χ1n) is 14.4. The lowest BCUT2D eigenvalue weighted by molar-refractivity contribution is -0.143. The molecule has 4 aromatic heterocycles. The molecule has 1 N–H and O–H groups in total. The van der Waals surface area contributed by atoms with E-state index in [2.05, 4.69) is 43.4 Å². The predicted molar refractivity (Wildman–Crippen MR) is 153 cm³/mol. The van der Waals surface area contributed by atoms with Crippen molar-refractivity contribution in [1.29, 1.82) is 0 Å². The molecule has 4 heterocycles. The lowest BCUT2D eigenvalue weighted by atomic mass is 10.1. The van der Waals surface area contributed by atoms with E-state index in [1.807, 2.05) is 10.6 Å². The van der Waals surface area contributed by atoms with Crippen LogP contribution in [0.5, 0.6) is 5.75 Å². The quantitative estimate of drug-likeness (QED) is 0.199. The highest BCUT2D eigenvalue weighted by Crippen LogP contribution is 2.40. The van der Waals surface area contributed by atoms with Crippen molar-refractivity contribution in [1.82, 2.24) is 49.9 Å². The molecule has 0 saturated heterocycles. The summed E-state index contributed by atoms with van der Waals surface area (Å²) in [5, 5.41) is 21.8. The van der Waals surface area contributed by atoms with Gasteiger partial charge in [0.05, 0.1) is 31.3 Å². The van der Waals surface area contributed by atoms with E-state index in [4.69, 9.17) is 14.5 Å². The predicted octanol–water partition coefficient (Wildman–Crippen LogP) is 2.59. The van der Waals surface area contributed by atoms with Crippen molar-refractivity contribution < 1.29 is 23.5 Å². The van der Waals surface area contributed by atoms with Crippen LogP contribution in [0.1, 0.15) is 65.0 Å². The van der Waals surface area contributed by atoms with Crippen molar-refractivity contribution in [3.63, 3.8) is 0 Å². The van der Waals surface area contributed by atoms with E-state index in [-0.39, 0.29) is 29.5 Å². The van der Waals surface area contributed by atoms with E-state index in [1.165, 1.54) is 48.8 Å². The summed E-state index contributed by atoms with van der Waals surface area (Å²) in [4.78, 5) is 29.7. The van der Waals surface area contributed by atoms with Gasteiger partial charge in [0.25, 0.3) is 5.91 Å². The maximum absolute atomic E-state index is 15.1. The molecule has 0 spiro atoms. The Morgan fingerprint density at radius 2 is 2.00 bits per heavy atom. The number of hydrogen-bond donors (Lipinski definition) is 1. The number of fused-ring (bicyclic) bond motifs is 1. The second-order valence-corrected chi connectivity index (χ2v) is 10.5. The lowest BCUT2D eigenvalue weighted by Crippen LogP contribution is -2.25. The normalized spacial score (nSPS) is 12.9. The number of amides is 1. The van der Waals surface area contributed by atoms with Gasteiger partial charge in [0, 0.05) is 43.9 Å². The Kier molecular flexibility index (Phi) is 8.25. The highest BCUT2D eigenvalue weighted by atomic mass is 19.1. The number of ether oxygens (including phenoxy) is 2. The van der Waals surface area contributed by atoms with Crippen LogP contribution in [0.15, 0.2) is 43.1 Å².